The van der Waals surface area contributed by atoms with Gasteiger partial charge in [0.1, 0.15) is 5.54 Å². The summed E-state index contributed by atoms with van der Waals surface area (Å²) in [4.78, 5) is 12.0. The van der Waals surface area contributed by atoms with E-state index in [9.17, 15) is 9.90 Å². The first-order valence-electron chi connectivity index (χ1n) is 7.33. The Hall–Kier alpha value is -2.13. The molecule has 0 saturated heterocycles. The molecule has 0 bridgehead atoms. The molecule has 0 spiro atoms. The predicted octanol–water partition coefficient (Wildman–Crippen LogP) is 3.09. The van der Waals surface area contributed by atoms with Crippen molar-refractivity contribution in [2.75, 3.05) is 0 Å². The molecule has 0 fully saturated rings. The second-order valence-electron chi connectivity index (χ2n) is 5.56. The molecule has 1 atom stereocenters. The summed E-state index contributed by atoms with van der Waals surface area (Å²) in [6.07, 6.45) is 2.48. The molecule has 1 unspecified atom stereocenters. The third-order valence-corrected chi connectivity index (χ3v) is 4.28. The Morgan fingerprint density at radius 3 is 2.57 bits per heavy atom. The van der Waals surface area contributed by atoms with E-state index in [4.69, 9.17) is 0 Å². The van der Waals surface area contributed by atoms with E-state index in [0.717, 1.165) is 29.5 Å². The maximum absolute atomic E-state index is 12.0. The van der Waals surface area contributed by atoms with Gasteiger partial charge in [-0.15, -0.1) is 0 Å². The zero-order valence-corrected chi connectivity index (χ0v) is 11.9. The summed E-state index contributed by atoms with van der Waals surface area (Å²) < 4.78 is 0. The highest BCUT2D eigenvalue weighted by molar-refractivity contribution is 5.81. The summed E-state index contributed by atoms with van der Waals surface area (Å²) in [7, 11) is 0. The van der Waals surface area contributed by atoms with E-state index in [1.807, 2.05) is 54.6 Å². The fourth-order valence-electron chi connectivity index (χ4n) is 3.16. The first kappa shape index (κ1) is 13.8. The van der Waals surface area contributed by atoms with Gasteiger partial charge in [0.05, 0.1) is 0 Å². The van der Waals surface area contributed by atoms with Gasteiger partial charge in [0.25, 0.3) is 0 Å². The van der Waals surface area contributed by atoms with Gasteiger partial charge >= 0.3 is 5.97 Å². The summed E-state index contributed by atoms with van der Waals surface area (Å²) in [6.45, 7) is 0.557. The molecule has 2 aromatic rings. The molecule has 0 saturated carbocycles. The van der Waals surface area contributed by atoms with Crippen LogP contribution in [0.4, 0.5) is 0 Å². The molecule has 108 valence electrons. The number of carboxylic acid groups (broad SMARTS) is 1. The first-order valence-corrected chi connectivity index (χ1v) is 7.33. The maximum atomic E-state index is 12.0. The molecule has 21 heavy (non-hydrogen) atoms. The predicted molar refractivity (Wildman–Crippen MR) is 82.0 cm³/mol. The first-order chi connectivity index (χ1) is 10.2. The maximum Gasteiger partial charge on any atom is 0.328 e. The van der Waals surface area contributed by atoms with Crippen molar-refractivity contribution in [1.29, 1.82) is 0 Å². The van der Waals surface area contributed by atoms with E-state index in [1.54, 1.807) is 0 Å². The fraction of sp³-hybridized carbons (Fsp3) is 0.278. The highest BCUT2D eigenvalue weighted by Crippen LogP contribution is 2.35. The van der Waals surface area contributed by atoms with Crippen LogP contribution in [0, 0.1) is 0 Å². The number of carbonyl (C=O) groups is 1. The zero-order valence-electron chi connectivity index (χ0n) is 11.9. The monoisotopic (exact) mass is 281 g/mol. The molecule has 0 amide bonds. The standard InChI is InChI=1S/C18H19NO2/c20-17(21)18(19-13-14-7-2-1-3-8-14)12-6-10-15-9-4-5-11-16(15)18/h1-5,7-9,11,19H,6,10,12-13H2,(H,20,21). The normalized spacial score (nSPS) is 20.8. The molecule has 2 aromatic carbocycles. The average molecular weight is 281 g/mol. The van der Waals surface area contributed by atoms with E-state index >= 15 is 0 Å². The summed E-state index contributed by atoms with van der Waals surface area (Å²) in [5, 5.41) is 13.2. The highest BCUT2D eigenvalue weighted by Gasteiger charge is 2.42. The van der Waals surface area contributed by atoms with Gasteiger partial charge in [-0.2, -0.15) is 0 Å². The second kappa shape index (κ2) is 5.70. The van der Waals surface area contributed by atoms with E-state index in [2.05, 4.69) is 5.32 Å². The lowest BCUT2D eigenvalue weighted by Gasteiger charge is -2.36. The number of aryl methyl sites for hydroxylation is 1. The molecule has 0 aliphatic heterocycles. The summed E-state index contributed by atoms with van der Waals surface area (Å²) in [6, 6.07) is 17.8. The molecule has 0 heterocycles. The molecule has 0 aromatic heterocycles. The lowest BCUT2D eigenvalue weighted by Crippen LogP contribution is -2.50. The van der Waals surface area contributed by atoms with Crippen LogP contribution in [0.15, 0.2) is 54.6 Å². The topological polar surface area (TPSA) is 49.3 Å². The minimum Gasteiger partial charge on any atom is -0.480 e. The molecular weight excluding hydrogens is 262 g/mol. The van der Waals surface area contributed by atoms with Gasteiger partial charge in [-0.3, -0.25) is 5.32 Å². The smallest absolute Gasteiger partial charge is 0.328 e. The molecule has 3 heteroatoms. The average Bonchev–Trinajstić information content (AvgIpc) is 2.53. The molecule has 1 aliphatic rings. The number of benzene rings is 2. The van der Waals surface area contributed by atoms with Crippen molar-refractivity contribution in [2.24, 2.45) is 0 Å². The number of nitrogens with one attached hydrogen (secondary N) is 1. The van der Waals surface area contributed by atoms with Crippen molar-refractivity contribution in [3.8, 4) is 0 Å². The number of hydrogen-bond donors (Lipinski definition) is 2. The summed E-state index contributed by atoms with van der Waals surface area (Å²) >= 11 is 0. The Balaban J connectivity index is 1.93. The summed E-state index contributed by atoms with van der Waals surface area (Å²) in [5.74, 6) is -0.786. The molecule has 3 rings (SSSR count). The Labute approximate surface area is 124 Å². The largest absolute Gasteiger partial charge is 0.480 e. The summed E-state index contributed by atoms with van der Waals surface area (Å²) in [5.41, 5.74) is 2.19. The Bertz CT molecular complexity index is 639. The Morgan fingerprint density at radius 1 is 1.10 bits per heavy atom. The second-order valence-corrected chi connectivity index (χ2v) is 5.56. The molecule has 3 nitrogen and oxygen atoms in total. The van der Waals surface area contributed by atoms with Gasteiger partial charge in [0.2, 0.25) is 0 Å². The fourth-order valence-corrected chi connectivity index (χ4v) is 3.16. The van der Waals surface area contributed by atoms with E-state index in [1.165, 1.54) is 0 Å². The van der Waals surface area contributed by atoms with Crippen LogP contribution >= 0.6 is 0 Å². The Kier molecular flexibility index (Phi) is 3.76. The van der Waals surface area contributed by atoms with Crippen LogP contribution in [0.5, 0.6) is 0 Å². The third kappa shape index (κ3) is 2.57. The Morgan fingerprint density at radius 2 is 1.81 bits per heavy atom. The number of rotatable bonds is 4. The van der Waals surface area contributed by atoms with Gasteiger partial charge in [-0.1, -0.05) is 54.6 Å². The molecule has 1 aliphatic carbocycles. The van der Waals surface area contributed by atoms with E-state index < -0.39 is 11.5 Å². The van der Waals surface area contributed by atoms with Crippen LogP contribution in [-0.4, -0.2) is 11.1 Å². The highest BCUT2D eigenvalue weighted by atomic mass is 16.4. The lowest BCUT2D eigenvalue weighted by atomic mass is 9.76. The van der Waals surface area contributed by atoms with Gasteiger partial charge in [0.15, 0.2) is 0 Å². The SMILES string of the molecule is O=C(O)C1(NCc2ccccc2)CCCc2ccccc21. The van der Waals surface area contributed by atoms with Crippen molar-refractivity contribution < 1.29 is 9.90 Å². The van der Waals surface area contributed by atoms with Crippen LogP contribution in [0.2, 0.25) is 0 Å². The number of hydrogen-bond acceptors (Lipinski definition) is 2. The minimum atomic E-state index is -0.968. The zero-order chi connectivity index (χ0) is 14.7. The molecule has 2 N–H and O–H groups in total. The van der Waals surface area contributed by atoms with Crippen molar-refractivity contribution in [1.82, 2.24) is 5.32 Å². The van der Waals surface area contributed by atoms with Gasteiger partial charge in [-0.05, 0) is 36.0 Å². The van der Waals surface area contributed by atoms with Gasteiger partial charge in [-0.25, -0.2) is 4.79 Å². The van der Waals surface area contributed by atoms with Gasteiger partial charge < -0.3 is 5.11 Å². The van der Waals surface area contributed by atoms with E-state index in [0.29, 0.717) is 13.0 Å². The van der Waals surface area contributed by atoms with Crippen LogP contribution in [0.25, 0.3) is 0 Å². The van der Waals surface area contributed by atoms with Crippen molar-refractivity contribution in [3.05, 3.63) is 71.3 Å². The minimum absolute atomic E-state index is 0.557. The number of carboxylic acids is 1. The quantitative estimate of drug-likeness (QED) is 0.905. The van der Waals surface area contributed by atoms with Gasteiger partial charge in [0, 0.05) is 6.54 Å². The van der Waals surface area contributed by atoms with E-state index in [-0.39, 0.29) is 0 Å². The van der Waals surface area contributed by atoms with Crippen LogP contribution in [-0.2, 0) is 23.3 Å². The molecular formula is C18H19NO2. The number of fused-ring (bicyclic) bond motifs is 1. The lowest BCUT2D eigenvalue weighted by molar-refractivity contribution is -0.146. The number of aliphatic carboxylic acids is 1. The van der Waals surface area contributed by atoms with Crippen LogP contribution in [0.1, 0.15) is 29.5 Å². The molecule has 0 radical (unpaired) electrons. The van der Waals surface area contributed by atoms with Crippen LogP contribution < -0.4 is 5.32 Å². The van der Waals surface area contributed by atoms with Crippen molar-refractivity contribution in [3.63, 3.8) is 0 Å². The van der Waals surface area contributed by atoms with Crippen molar-refractivity contribution >= 4 is 5.97 Å². The third-order valence-electron chi connectivity index (χ3n) is 4.28. The van der Waals surface area contributed by atoms with Crippen LogP contribution in [0.3, 0.4) is 0 Å². The van der Waals surface area contributed by atoms with Crippen molar-refractivity contribution in [2.45, 2.75) is 31.3 Å².